The van der Waals surface area contributed by atoms with Crippen LogP contribution in [0.4, 0.5) is 5.88 Å². The Morgan fingerprint density at radius 1 is 1.00 bits per heavy atom. The Labute approximate surface area is 198 Å². The van der Waals surface area contributed by atoms with Gasteiger partial charge in [0, 0.05) is 5.56 Å². The minimum atomic E-state index is -0.566. The Balaban J connectivity index is 1.52. The second-order valence-electron chi connectivity index (χ2n) is 7.67. The first-order valence-corrected chi connectivity index (χ1v) is 11.2. The minimum absolute atomic E-state index is 0.169. The fraction of sp³-hybridized carbons (Fsp3) is 0.125. The van der Waals surface area contributed by atoms with Crippen LogP contribution in [0.25, 0.3) is 4.91 Å². The van der Waals surface area contributed by atoms with Crippen molar-refractivity contribution in [2.24, 2.45) is 5.10 Å². The Hall–Kier alpha value is -4.18. The number of rotatable bonds is 6. The van der Waals surface area contributed by atoms with Crippen molar-refractivity contribution in [1.29, 1.82) is 0 Å². The second-order valence-corrected chi connectivity index (χ2v) is 8.68. The van der Waals surface area contributed by atoms with Crippen LogP contribution in [0.2, 0.25) is 0 Å². The molecule has 0 unspecified atom stereocenters. The van der Waals surface area contributed by atoms with Crippen molar-refractivity contribution in [2.45, 2.75) is 25.6 Å². The fourth-order valence-corrected chi connectivity index (χ4v) is 4.16. The standard InChI is InChI=1S/C24H19N5O4S/c1-15-3-7-17(8-4-15)19-13-21(20-11-12-23(33-20)29(30)31)34-24-26-25-22(28(24)27-19)14-32-18-9-5-16(2)6-10-18/h3-13H,14H2,1-2H3. The van der Waals surface area contributed by atoms with Gasteiger partial charge in [-0.2, -0.15) is 9.78 Å². The molecule has 0 saturated carbocycles. The summed E-state index contributed by atoms with van der Waals surface area (Å²) in [5.74, 6) is 1.26. The van der Waals surface area contributed by atoms with Crippen molar-refractivity contribution >= 4 is 28.3 Å². The molecule has 9 nitrogen and oxygen atoms in total. The van der Waals surface area contributed by atoms with E-state index in [9.17, 15) is 10.1 Å². The summed E-state index contributed by atoms with van der Waals surface area (Å²) in [5.41, 5.74) is 3.77. The zero-order valence-electron chi connectivity index (χ0n) is 18.3. The lowest BCUT2D eigenvalue weighted by Crippen LogP contribution is -2.07. The summed E-state index contributed by atoms with van der Waals surface area (Å²) in [6.45, 7) is 4.19. The molecule has 0 spiro atoms. The quantitative estimate of drug-likeness (QED) is 0.273. The van der Waals surface area contributed by atoms with Gasteiger partial charge < -0.3 is 9.15 Å². The smallest absolute Gasteiger partial charge is 0.433 e. The average molecular weight is 474 g/mol. The molecule has 170 valence electrons. The molecular formula is C24H19N5O4S. The summed E-state index contributed by atoms with van der Waals surface area (Å²) in [6, 6.07) is 18.6. The molecule has 0 aliphatic carbocycles. The fourth-order valence-electron chi connectivity index (χ4n) is 3.27. The van der Waals surface area contributed by atoms with E-state index in [1.54, 1.807) is 10.7 Å². The third-order valence-corrected chi connectivity index (χ3v) is 6.08. The van der Waals surface area contributed by atoms with Gasteiger partial charge in [-0.15, -0.1) is 10.2 Å². The summed E-state index contributed by atoms with van der Waals surface area (Å²) < 4.78 is 13.0. The number of aryl methyl sites for hydroxylation is 2. The molecule has 0 radical (unpaired) electrons. The highest BCUT2D eigenvalue weighted by molar-refractivity contribution is 8.08. The van der Waals surface area contributed by atoms with Crippen LogP contribution < -0.4 is 4.74 Å². The maximum absolute atomic E-state index is 11.1. The van der Waals surface area contributed by atoms with Gasteiger partial charge in [-0.05, 0) is 49.9 Å². The summed E-state index contributed by atoms with van der Waals surface area (Å²) in [5, 5.41) is 25.0. The summed E-state index contributed by atoms with van der Waals surface area (Å²) >= 11 is 1.27. The summed E-state index contributed by atoms with van der Waals surface area (Å²) in [6.07, 6.45) is 1.83. The summed E-state index contributed by atoms with van der Waals surface area (Å²) in [4.78, 5) is 11.2. The van der Waals surface area contributed by atoms with Crippen LogP contribution >= 0.6 is 11.8 Å². The van der Waals surface area contributed by atoms with Crippen molar-refractivity contribution < 1.29 is 14.1 Å². The minimum Gasteiger partial charge on any atom is -0.486 e. The van der Waals surface area contributed by atoms with Gasteiger partial charge >= 0.3 is 5.88 Å². The molecule has 0 amide bonds. The van der Waals surface area contributed by atoms with Gasteiger partial charge in [0.1, 0.15) is 23.0 Å². The van der Waals surface area contributed by atoms with Gasteiger partial charge in [-0.3, -0.25) is 10.1 Å². The second kappa shape index (κ2) is 8.99. The number of hydrogen-bond donors (Lipinski definition) is 0. The lowest BCUT2D eigenvalue weighted by molar-refractivity contribution is -0.402. The molecule has 0 atom stereocenters. The molecule has 3 heterocycles. The lowest BCUT2D eigenvalue weighted by Gasteiger charge is -2.07. The Kier molecular flexibility index (Phi) is 5.72. The summed E-state index contributed by atoms with van der Waals surface area (Å²) in [7, 11) is 0. The number of thioether (sulfide) groups is 1. The first-order valence-electron chi connectivity index (χ1n) is 10.4. The zero-order chi connectivity index (χ0) is 23.7. The van der Waals surface area contributed by atoms with Crippen LogP contribution in [-0.2, 0) is 6.61 Å². The number of hydrogen-bond acceptors (Lipinski definition) is 8. The number of aromatic nitrogens is 3. The van der Waals surface area contributed by atoms with Gasteiger partial charge in [0.2, 0.25) is 5.16 Å². The molecule has 10 heteroatoms. The van der Waals surface area contributed by atoms with E-state index in [1.165, 1.54) is 17.8 Å². The Morgan fingerprint density at radius 3 is 2.38 bits per heavy atom. The molecule has 4 aromatic rings. The number of ether oxygens (including phenoxy) is 1. The van der Waals surface area contributed by atoms with E-state index in [0.717, 1.165) is 16.7 Å². The molecule has 2 aromatic heterocycles. The first kappa shape index (κ1) is 21.7. The van der Waals surface area contributed by atoms with Crippen molar-refractivity contribution in [3.05, 3.63) is 105 Å². The third-order valence-electron chi connectivity index (χ3n) is 5.10. The van der Waals surface area contributed by atoms with Crippen LogP contribution in [0.3, 0.4) is 0 Å². The lowest BCUT2D eigenvalue weighted by atomic mass is 10.1. The van der Waals surface area contributed by atoms with Crippen LogP contribution in [0, 0.1) is 24.0 Å². The van der Waals surface area contributed by atoms with Crippen molar-refractivity contribution in [1.82, 2.24) is 14.9 Å². The van der Waals surface area contributed by atoms with E-state index >= 15 is 0 Å². The van der Waals surface area contributed by atoms with Crippen LogP contribution in [0.5, 0.6) is 5.75 Å². The number of nitro groups is 1. The van der Waals surface area contributed by atoms with Gasteiger partial charge in [0.05, 0.1) is 16.7 Å². The zero-order valence-corrected chi connectivity index (χ0v) is 19.2. The molecule has 1 aliphatic rings. The van der Waals surface area contributed by atoms with Crippen molar-refractivity contribution in [3.8, 4) is 5.75 Å². The van der Waals surface area contributed by atoms with E-state index in [-0.39, 0.29) is 12.5 Å². The van der Waals surface area contributed by atoms with Gasteiger partial charge in [-0.1, -0.05) is 47.5 Å². The highest BCUT2D eigenvalue weighted by Crippen LogP contribution is 2.38. The average Bonchev–Trinajstić information content (AvgIpc) is 3.42. The van der Waals surface area contributed by atoms with Crippen molar-refractivity contribution in [2.75, 3.05) is 0 Å². The highest BCUT2D eigenvalue weighted by atomic mass is 32.2. The van der Waals surface area contributed by atoms with E-state index < -0.39 is 4.92 Å². The monoisotopic (exact) mass is 473 g/mol. The van der Waals surface area contributed by atoms with Gasteiger partial charge in [-0.25, -0.2) is 0 Å². The highest BCUT2D eigenvalue weighted by Gasteiger charge is 2.23. The molecular weight excluding hydrogens is 454 g/mol. The number of nitrogens with zero attached hydrogens (tertiary/aromatic N) is 5. The number of allylic oxidation sites excluding steroid dienone is 1. The SMILES string of the molecule is Cc1ccc(OCc2nnc3n2N=C(c2ccc(C)cc2)C=C(c2ccc([N+](=O)[O-])o2)S3)cc1. The van der Waals surface area contributed by atoms with E-state index in [1.807, 2.05) is 68.5 Å². The van der Waals surface area contributed by atoms with Gasteiger partial charge in [0.15, 0.2) is 5.82 Å². The predicted octanol–water partition coefficient (Wildman–Crippen LogP) is 5.37. The van der Waals surface area contributed by atoms with Crippen LogP contribution in [-0.4, -0.2) is 25.5 Å². The maximum atomic E-state index is 11.1. The molecule has 0 N–H and O–H groups in total. The third kappa shape index (κ3) is 4.48. The Morgan fingerprint density at radius 2 is 1.71 bits per heavy atom. The molecule has 5 rings (SSSR count). The van der Waals surface area contributed by atoms with E-state index in [2.05, 4.69) is 10.2 Å². The maximum Gasteiger partial charge on any atom is 0.433 e. The molecule has 0 saturated heterocycles. The number of furan rings is 1. The van der Waals surface area contributed by atoms with Crippen LogP contribution in [0.15, 0.2) is 81.4 Å². The Bertz CT molecular complexity index is 1420. The van der Waals surface area contributed by atoms with Gasteiger partial charge in [0.25, 0.3) is 0 Å². The number of benzene rings is 2. The topological polar surface area (TPSA) is 109 Å². The largest absolute Gasteiger partial charge is 0.486 e. The molecule has 0 bridgehead atoms. The predicted molar refractivity (Wildman–Crippen MR) is 128 cm³/mol. The van der Waals surface area contributed by atoms with E-state index in [0.29, 0.717) is 33.1 Å². The molecule has 2 aromatic carbocycles. The first-order chi connectivity index (χ1) is 16.5. The van der Waals surface area contributed by atoms with E-state index in [4.69, 9.17) is 14.3 Å². The number of fused-ring (bicyclic) bond motifs is 1. The van der Waals surface area contributed by atoms with Crippen LogP contribution in [0.1, 0.15) is 28.3 Å². The normalized spacial score (nSPS) is 13.0. The van der Waals surface area contributed by atoms with Crippen molar-refractivity contribution in [3.63, 3.8) is 0 Å². The molecule has 34 heavy (non-hydrogen) atoms. The molecule has 1 aliphatic heterocycles. The molecule has 0 fully saturated rings.